The van der Waals surface area contributed by atoms with Crippen molar-refractivity contribution in [3.8, 4) is 0 Å². The quantitative estimate of drug-likeness (QED) is 0.576. The molecule has 8 nitrogen and oxygen atoms in total. The number of nitrogens with one attached hydrogen (secondary N) is 2. The Labute approximate surface area is 176 Å². The zero-order valence-corrected chi connectivity index (χ0v) is 17.8. The van der Waals surface area contributed by atoms with Crippen LogP contribution in [0.15, 0.2) is 12.1 Å². The van der Waals surface area contributed by atoms with Crippen LogP contribution in [0.4, 0.5) is 10.3 Å². The predicted molar refractivity (Wildman–Crippen MR) is 117 cm³/mol. The van der Waals surface area contributed by atoms with E-state index in [2.05, 4.69) is 25.3 Å². The predicted octanol–water partition coefficient (Wildman–Crippen LogP) is 3.31. The van der Waals surface area contributed by atoms with Crippen LogP contribution in [0.5, 0.6) is 0 Å². The van der Waals surface area contributed by atoms with Gasteiger partial charge in [0.2, 0.25) is 5.91 Å². The summed E-state index contributed by atoms with van der Waals surface area (Å²) in [6, 6.07) is 3.98. The maximum absolute atomic E-state index is 12.4. The Morgan fingerprint density at radius 1 is 0.966 bits per heavy atom. The number of esters is 1. The van der Waals surface area contributed by atoms with E-state index in [1.165, 1.54) is 42.6 Å². The van der Waals surface area contributed by atoms with E-state index in [1.807, 2.05) is 17.0 Å². The Hall–Kier alpha value is -2.46. The highest BCUT2D eigenvalue weighted by atomic mass is 32.1. The van der Waals surface area contributed by atoms with Gasteiger partial charge in [-0.2, -0.15) is 0 Å². The first kappa shape index (κ1) is 19.8. The van der Waals surface area contributed by atoms with Gasteiger partial charge in [-0.05, 0) is 25.0 Å². The largest absolute Gasteiger partial charge is 0.468 e. The number of benzene rings is 1. The summed E-state index contributed by atoms with van der Waals surface area (Å²) < 4.78 is 6.67. The number of carbonyl (C=O) groups excluding carboxylic acids is 2. The first-order valence-electron chi connectivity index (χ1n) is 9.66. The molecule has 3 aromatic rings. The van der Waals surface area contributed by atoms with E-state index >= 15 is 0 Å². The van der Waals surface area contributed by atoms with Gasteiger partial charge in [-0.1, -0.05) is 35.5 Å². The van der Waals surface area contributed by atoms with Crippen molar-refractivity contribution in [2.45, 2.75) is 25.7 Å². The van der Waals surface area contributed by atoms with Crippen LogP contribution >= 0.6 is 22.7 Å². The lowest BCUT2D eigenvalue weighted by atomic mass is 10.2. The van der Waals surface area contributed by atoms with E-state index in [0.29, 0.717) is 5.13 Å². The fourth-order valence-corrected chi connectivity index (χ4v) is 5.14. The van der Waals surface area contributed by atoms with Crippen molar-refractivity contribution in [2.75, 3.05) is 43.9 Å². The summed E-state index contributed by atoms with van der Waals surface area (Å²) >= 11 is 3.01. The van der Waals surface area contributed by atoms with Crippen molar-refractivity contribution in [2.24, 2.45) is 0 Å². The summed E-state index contributed by atoms with van der Waals surface area (Å²) in [6.45, 7) is 2.07. The van der Waals surface area contributed by atoms with Gasteiger partial charge >= 0.3 is 5.97 Å². The van der Waals surface area contributed by atoms with Crippen LogP contribution in [-0.2, 0) is 14.3 Å². The van der Waals surface area contributed by atoms with Gasteiger partial charge in [-0.15, -0.1) is 0 Å². The van der Waals surface area contributed by atoms with Crippen LogP contribution in [0.25, 0.3) is 20.4 Å². The molecule has 1 fully saturated rings. The van der Waals surface area contributed by atoms with E-state index in [0.717, 1.165) is 51.5 Å². The number of aromatic nitrogens is 2. The van der Waals surface area contributed by atoms with Gasteiger partial charge in [0.05, 0.1) is 34.1 Å². The molecule has 0 atom stereocenters. The highest BCUT2D eigenvalue weighted by molar-refractivity contribution is 7.24. The van der Waals surface area contributed by atoms with Crippen LogP contribution in [0.1, 0.15) is 25.7 Å². The number of thiazole rings is 2. The highest BCUT2D eigenvalue weighted by Crippen LogP contribution is 2.33. The van der Waals surface area contributed by atoms with Gasteiger partial charge in [0.25, 0.3) is 0 Å². The Bertz CT molecular complexity index is 973. The van der Waals surface area contributed by atoms with E-state index in [-0.39, 0.29) is 25.0 Å². The van der Waals surface area contributed by atoms with Gasteiger partial charge in [-0.3, -0.25) is 9.59 Å². The first-order valence-corrected chi connectivity index (χ1v) is 11.3. The molecule has 0 unspecified atom stereocenters. The van der Waals surface area contributed by atoms with Crippen molar-refractivity contribution < 1.29 is 14.3 Å². The van der Waals surface area contributed by atoms with Gasteiger partial charge in [-0.25, -0.2) is 9.97 Å². The third-order valence-electron chi connectivity index (χ3n) is 4.86. The van der Waals surface area contributed by atoms with Crippen molar-refractivity contribution >= 4 is 65.2 Å². The number of carbonyl (C=O) groups is 2. The van der Waals surface area contributed by atoms with Crippen LogP contribution in [0.2, 0.25) is 0 Å². The third kappa shape index (κ3) is 4.76. The number of methoxy groups -OCH3 is 1. The number of rotatable bonds is 6. The summed E-state index contributed by atoms with van der Waals surface area (Å²) in [5.41, 5.74) is 1.67. The smallest absolute Gasteiger partial charge is 0.325 e. The molecule has 2 aromatic heterocycles. The minimum atomic E-state index is -0.336. The SMILES string of the molecule is COC(=O)CNc1nc2cc3nc(NCC(=O)N4CCCCCC4)sc3cc2s1. The van der Waals surface area contributed by atoms with Gasteiger partial charge in [0.1, 0.15) is 6.54 Å². The molecule has 154 valence electrons. The normalized spacial score (nSPS) is 14.7. The lowest BCUT2D eigenvalue weighted by Gasteiger charge is -2.20. The second-order valence-corrected chi connectivity index (χ2v) is 8.97. The average Bonchev–Trinajstić information content (AvgIpc) is 3.19. The molecule has 1 aliphatic heterocycles. The monoisotopic (exact) mass is 433 g/mol. The van der Waals surface area contributed by atoms with Crippen LogP contribution < -0.4 is 10.6 Å². The molecule has 1 aliphatic rings. The molecule has 1 amide bonds. The Morgan fingerprint density at radius 3 is 2.14 bits per heavy atom. The summed E-state index contributed by atoms with van der Waals surface area (Å²) in [4.78, 5) is 34.8. The molecule has 29 heavy (non-hydrogen) atoms. The molecular formula is C19H23N5O3S2. The maximum Gasteiger partial charge on any atom is 0.325 e. The Morgan fingerprint density at radius 2 is 1.55 bits per heavy atom. The fraction of sp³-hybridized carbons (Fsp3) is 0.474. The summed E-state index contributed by atoms with van der Waals surface area (Å²) in [5.74, 6) is -0.201. The van der Waals surface area contributed by atoms with E-state index in [4.69, 9.17) is 0 Å². The van der Waals surface area contributed by atoms with E-state index in [1.54, 1.807) is 0 Å². The molecule has 2 N–H and O–H groups in total. The minimum Gasteiger partial charge on any atom is -0.468 e. The molecule has 0 bridgehead atoms. The van der Waals surface area contributed by atoms with Crippen molar-refractivity contribution in [3.05, 3.63) is 12.1 Å². The van der Waals surface area contributed by atoms with Crippen LogP contribution in [-0.4, -0.2) is 60.0 Å². The number of likely N-dealkylation sites (tertiary alicyclic amines) is 1. The molecular weight excluding hydrogens is 410 g/mol. The Kier molecular flexibility index (Phi) is 6.10. The molecule has 3 heterocycles. The fourth-order valence-electron chi connectivity index (χ4n) is 3.30. The second-order valence-electron chi connectivity index (χ2n) is 6.90. The lowest BCUT2D eigenvalue weighted by Crippen LogP contribution is -2.36. The second kappa shape index (κ2) is 8.91. The van der Waals surface area contributed by atoms with Crippen LogP contribution in [0.3, 0.4) is 0 Å². The topological polar surface area (TPSA) is 96.5 Å². The number of nitrogens with zero attached hydrogens (tertiary/aromatic N) is 3. The standard InChI is InChI=1S/C19H23N5O3S2/c1-27-17(26)11-21-19-23-13-8-12-14(9-15(13)29-19)28-18(22-12)20-10-16(25)24-6-4-2-3-5-7-24/h8-9H,2-7,10-11H2,1H3,(H,20,22)(H,21,23). The zero-order valence-electron chi connectivity index (χ0n) is 16.2. The number of hydrogen-bond acceptors (Lipinski definition) is 9. The molecule has 0 spiro atoms. The Balaban J connectivity index is 1.42. The van der Waals surface area contributed by atoms with Gasteiger partial charge in [0, 0.05) is 13.1 Å². The van der Waals surface area contributed by atoms with Gasteiger partial charge in [0.15, 0.2) is 10.3 Å². The number of amides is 1. The number of hydrogen-bond donors (Lipinski definition) is 2. The van der Waals surface area contributed by atoms with Crippen molar-refractivity contribution in [1.29, 1.82) is 0 Å². The van der Waals surface area contributed by atoms with Crippen molar-refractivity contribution in [1.82, 2.24) is 14.9 Å². The molecule has 0 aliphatic carbocycles. The number of ether oxygens (including phenoxy) is 1. The molecule has 1 aromatic carbocycles. The highest BCUT2D eigenvalue weighted by Gasteiger charge is 2.16. The summed E-state index contributed by atoms with van der Waals surface area (Å²) in [7, 11) is 1.36. The van der Waals surface area contributed by atoms with Crippen LogP contribution in [0, 0.1) is 0 Å². The first-order chi connectivity index (χ1) is 14.1. The molecule has 1 saturated heterocycles. The zero-order chi connectivity index (χ0) is 20.2. The summed E-state index contributed by atoms with van der Waals surface area (Å²) in [5, 5.41) is 7.57. The molecule has 10 heteroatoms. The summed E-state index contributed by atoms with van der Waals surface area (Å²) in [6.07, 6.45) is 4.60. The number of fused-ring (bicyclic) bond motifs is 2. The molecule has 0 radical (unpaired) electrons. The number of anilines is 2. The average molecular weight is 434 g/mol. The molecule has 0 saturated carbocycles. The molecule has 4 rings (SSSR count). The van der Waals surface area contributed by atoms with E-state index in [9.17, 15) is 9.59 Å². The van der Waals surface area contributed by atoms with E-state index < -0.39 is 0 Å². The van der Waals surface area contributed by atoms with Crippen molar-refractivity contribution in [3.63, 3.8) is 0 Å². The maximum atomic E-state index is 12.4. The van der Waals surface area contributed by atoms with Gasteiger partial charge < -0.3 is 20.3 Å². The minimum absolute atomic E-state index is 0.0854. The lowest BCUT2D eigenvalue weighted by molar-refractivity contribution is -0.138. The third-order valence-corrected chi connectivity index (χ3v) is 6.81.